The Kier molecular flexibility index (Phi) is 5.55. The van der Waals surface area contributed by atoms with E-state index in [-0.39, 0.29) is 5.92 Å². The van der Waals surface area contributed by atoms with Crippen molar-refractivity contribution in [2.75, 3.05) is 20.1 Å². The molecule has 1 aliphatic carbocycles. The second kappa shape index (κ2) is 8.41. The summed E-state index contributed by atoms with van der Waals surface area (Å²) in [5.74, 6) is 0.258. The molecule has 1 N–H and O–H groups in total. The maximum absolute atomic E-state index is 3.30. The molecule has 0 amide bonds. The first-order chi connectivity index (χ1) is 13.4. The Balaban J connectivity index is 1.73. The van der Waals surface area contributed by atoms with Gasteiger partial charge in [0, 0.05) is 30.9 Å². The molecule has 138 valence electrons. The van der Waals surface area contributed by atoms with Gasteiger partial charge in [-0.3, -0.25) is 0 Å². The van der Waals surface area contributed by atoms with Crippen LogP contribution in [0.25, 0.3) is 0 Å². The number of likely N-dealkylation sites (N-methyl/N-ethyl adjacent to an activating group) is 1. The van der Waals surface area contributed by atoms with Crippen molar-refractivity contribution in [1.29, 1.82) is 0 Å². The van der Waals surface area contributed by atoms with E-state index in [9.17, 15) is 0 Å². The Hall–Kier alpha value is -2.58. The Morgan fingerprint density at radius 2 is 1.52 bits per heavy atom. The molecule has 2 nitrogen and oxygen atoms in total. The molecule has 0 unspecified atom stereocenters. The first-order valence-electron chi connectivity index (χ1n) is 10.00. The number of benzene rings is 2. The van der Waals surface area contributed by atoms with Gasteiger partial charge in [-0.15, -0.1) is 0 Å². The van der Waals surface area contributed by atoms with Gasteiger partial charge in [0.1, 0.15) is 0 Å². The molecule has 27 heavy (non-hydrogen) atoms. The van der Waals surface area contributed by atoms with Gasteiger partial charge < -0.3 is 10.2 Å². The van der Waals surface area contributed by atoms with E-state index in [1.807, 2.05) is 7.05 Å². The normalized spacial score (nSPS) is 16.5. The third-order valence-corrected chi connectivity index (χ3v) is 5.57. The van der Waals surface area contributed by atoms with Gasteiger partial charge in [-0.2, -0.15) is 0 Å². The van der Waals surface area contributed by atoms with Gasteiger partial charge in [0.2, 0.25) is 0 Å². The third kappa shape index (κ3) is 3.91. The molecule has 0 saturated heterocycles. The van der Waals surface area contributed by atoms with E-state index in [1.165, 1.54) is 41.7 Å². The van der Waals surface area contributed by atoms with Crippen LogP contribution >= 0.6 is 0 Å². The summed E-state index contributed by atoms with van der Waals surface area (Å²) in [7, 11) is 2.03. The molecule has 0 radical (unpaired) electrons. The molecule has 2 aromatic carbocycles. The van der Waals surface area contributed by atoms with Crippen molar-refractivity contribution < 1.29 is 0 Å². The fourth-order valence-electron chi connectivity index (χ4n) is 3.95. The number of allylic oxidation sites excluding steroid dienone is 4. The van der Waals surface area contributed by atoms with Crippen molar-refractivity contribution in [3.05, 3.63) is 107 Å². The maximum Gasteiger partial charge on any atom is 0.0398 e. The van der Waals surface area contributed by atoms with Crippen molar-refractivity contribution in [3.63, 3.8) is 0 Å². The quantitative estimate of drug-likeness (QED) is 0.762. The lowest BCUT2D eigenvalue weighted by molar-refractivity contribution is 0.443. The van der Waals surface area contributed by atoms with Crippen LogP contribution in [0.1, 0.15) is 36.3 Å². The average Bonchev–Trinajstić information content (AvgIpc) is 2.68. The van der Waals surface area contributed by atoms with Gasteiger partial charge in [0.25, 0.3) is 0 Å². The minimum absolute atomic E-state index is 0.258. The molecule has 0 spiro atoms. The van der Waals surface area contributed by atoms with Crippen LogP contribution in [0.4, 0.5) is 0 Å². The number of hydrogen-bond acceptors (Lipinski definition) is 2. The fraction of sp³-hybridized carbons (Fsp3) is 0.280. The van der Waals surface area contributed by atoms with Crippen molar-refractivity contribution in [2.24, 2.45) is 0 Å². The second-order valence-electron chi connectivity index (χ2n) is 7.36. The van der Waals surface area contributed by atoms with Gasteiger partial charge in [-0.05, 0) is 54.7 Å². The van der Waals surface area contributed by atoms with E-state index in [0.29, 0.717) is 0 Å². The van der Waals surface area contributed by atoms with Crippen LogP contribution in [-0.4, -0.2) is 25.0 Å². The monoisotopic (exact) mass is 356 g/mol. The largest absolute Gasteiger partial charge is 0.346 e. The lowest BCUT2D eigenvalue weighted by Gasteiger charge is -2.33. The molecule has 0 aromatic heterocycles. The molecule has 1 heterocycles. The standard InChI is InChI=1S/C25H28N2/c1-26-17-18-27-19-23(15-16-24(27)20-13-8-14-20)25(21-9-4-2-5-10-21)22-11-6-3-7-12-22/h2-7,9-12,15-16,19,25-26H,8,13-14,17-18H2,1H3. The number of nitrogens with zero attached hydrogens (tertiary/aromatic N) is 1. The summed E-state index contributed by atoms with van der Waals surface area (Å²) in [6.07, 6.45) is 10.9. The van der Waals surface area contributed by atoms with Crippen molar-refractivity contribution in [3.8, 4) is 0 Å². The van der Waals surface area contributed by atoms with Crippen LogP contribution in [0.2, 0.25) is 0 Å². The first-order valence-corrected chi connectivity index (χ1v) is 10.00. The number of nitrogens with one attached hydrogen (secondary N) is 1. The van der Waals surface area contributed by atoms with E-state index in [4.69, 9.17) is 0 Å². The predicted molar refractivity (Wildman–Crippen MR) is 113 cm³/mol. The summed E-state index contributed by atoms with van der Waals surface area (Å²) in [4.78, 5) is 2.46. The molecule has 4 rings (SSSR count). The molecular weight excluding hydrogens is 328 g/mol. The summed E-state index contributed by atoms with van der Waals surface area (Å²) >= 11 is 0. The topological polar surface area (TPSA) is 15.3 Å². The van der Waals surface area contributed by atoms with Crippen molar-refractivity contribution >= 4 is 0 Å². The van der Waals surface area contributed by atoms with Gasteiger partial charge in [0.15, 0.2) is 0 Å². The minimum atomic E-state index is 0.258. The molecule has 0 bridgehead atoms. The number of hydrogen-bond donors (Lipinski definition) is 1. The Bertz CT molecular complexity index is 801. The average molecular weight is 357 g/mol. The zero-order chi connectivity index (χ0) is 18.5. The third-order valence-electron chi connectivity index (χ3n) is 5.57. The van der Waals surface area contributed by atoms with Gasteiger partial charge >= 0.3 is 0 Å². The Morgan fingerprint density at radius 1 is 0.889 bits per heavy atom. The van der Waals surface area contributed by atoms with Gasteiger partial charge in [-0.25, -0.2) is 0 Å². The molecule has 1 fully saturated rings. The summed E-state index contributed by atoms with van der Waals surface area (Å²) in [6.45, 7) is 1.98. The van der Waals surface area contributed by atoms with E-state index < -0.39 is 0 Å². The first kappa shape index (κ1) is 17.8. The Morgan fingerprint density at radius 3 is 2.04 bits per heavy atom. The van der Waals surface area contributed by atoms with E-state index in [2.05, 4.69) is 89.2 Å². The van der Waals surface area contributed by atoms with Crippen LogP contribution in [0.3, 0.4) is 0 Å². The lowest BCUT2D eigenvalue weighted by atomic mass is 9.83. The Labute approximate surface area is 162 Å². The lowest BCUT2D eigenvalue weighted by Crippen LogP contribution is -2.29. The van der Waals surface area contributed by atoms with Crippen LogP contribution < -0.4 is 5.32 Å². The van der Waals surface area contributed by atoms with Crippen molar-refractivity contribution in [1.82, 2.24) is 10.2 Å². The highest BCUT2D eigenvalue weighted by atomic mass is 15.1. The smallest absolute Gasteiger partial charge is 0.0398 e. The summed E-state index contributed by atoms with van der Waals surface area (Å²) < 4.78 is 0. The van der Waals surface area contributed by atoms with Crippen LogP contribution in [0.15, 0.2) is 95.9 Å². The van der Waals surface area contributed by atoms with Crippen LogP contribution in [0, 0.1) is 0 Å². The zero-order valence-electron chi connectivity index (χ0n) is 16.1. The van der Waals surface area contributed by atoms with Crippen LogP contribution in [-0.2, 0) is 0 Å². The molecule has 1 saturated carbocycles. The molecular formula is C25H28N2. The van der Waals surface area contributed by atoms with E-state index >= 15 is 0 Å². The molecule has 2 aliphatic rings. The molecule has 2 aromatic rings. The zero-order valence-corrected chi connectivity index (χ0v) is 16.1. The fourth-order valence-corrected chi connectivity index (χ4v) is 3.95. The van der Waals surface area contributed by atoms with E-state index in [1.54, 1.807) is 5.57 Å². The maximum atomic E-state index is 3.30. The molecule has 2 heteroatoms. The highest BCUT2D eigenvalue weighted by Crippen LogP contribution is 2.38. The second-order valence-corrected chi connectivity index (χ2v) is 7.36. The summed E-state index contributed by atoms with van der Waals surface area (Å²) in [6, 6.07) is 21.7. The minimum Gasteiger partial charge on any atom is -0.346 e. The van der Waals surface area contributed by atoms with Crippen LogP contribution in [0.5, 0.6) is 0 Å². The highest BCUT2D eigenvalue weighted by Gasteiger charge is 2.24. The molecule has 0 atom stereocenters. The number of rotatable bonds is 6. The van der Waals surface area contributed by atoms with Crippen molar-refractivity contribution in [2.45, 2.75) is 25.2 Å². The van der Waals surface area contributed by atoms with Gasteiger partial charge in [0.05, 0.1) is 0 Å². The van der Waals surface area contributed by atoms with Gasteiger partial charge in [-0.1, -0.05) is 66.7 Å². The highest BCUT2D eigenvalue weighted by molar-refractivity contribution is 5.49. The predicted octanol–water partition coefficient (Wildman–Crippen LogP) is 5.23. The molecule has 1 aliphatic heterocycles. The SMILES string of the molecule is CNCCN1C=C(C(c2ccccc2)c2ccccc2)C=CC1=C1CCC1. The summed E-state index contributed by atoms with van der Waals surface area (Å²) in [5, 5.41) is 3.30. The summed E-state index contributed by atoms with van der Waals surface area (Å²) in [5.41, 5.74) is 7.06. The van der Waals surface area contributed by atoms with E-state index in [0.717, 1.165) is 13.1 Å².